The average Bonchev–Trinajstić information content (AvgIpc) is 3.17. The van der Waals surface area contributed by atoms with E-state index in [1.165, 1.54) is 0 Å². The first kappa shape index (κ1) is 14.7. The molecular formula is C11H22O5Si. The Morgan fingerprint density at radius 1 is 1.29 bits per heavy atom. The van der Waals surface area contributed by atoms with Crippen molar-refractivity contribution in [3.63, 3.8) is 0 Å². The normalized spacial score (nSPS) is 20.5. The van der Waals surface area contributed by atoms with E-state index in [1.807, 2.05) is 6.08 Å². The van der Waals surface area contributed by atoms with E-state index < -0.39 is 8.80 Å². The molecular weight excluding hydrogens is 240 g/mol. The van der Waals surface area contributed by atoms with E-state index in [-0.39, 0.29) is 6.10 Å². The highest BCUT2D eigenvalue weighted by atomic mass is 28.4. The Morgan fingerprint density at radius 3 is 2.29 bits per heavy atom. The summed E-state index contributed by atoms with van der Waals surface area (Å²) < 4.78 is 26.9. The van der Waals surface area contributed by atoms with E-state index in [9.17, 15) is 0 Å². The molecule has 1 rings (SSSR count). The molecule has 5 nitrogen and oxygen atoms in total. The fraction of sp³-hybridized carbons (Fsp3) is 0.818. The van der Waals surface area contributed by atoms with Gasteiger partial charge in [0.2, 0.25) is 0 Å². The van der Waals surface area contributed by atoms with E-state index >= 15 is 0 Å². The molecule has 0 bridgehead atoms. The highest BCUT2D eigenvalue weighted by Gasteiger charge is 2.40. The van der Waals surface area contributed by atoms with Crippen LogP contribution in [0.2, 0.25) is 6.04 Å². The number of ether oxygens (including phenoxy) is 2. The van der Waals surface area contributed by atoms with E-state index in [2.05, 4.69) is 6.92 Å². The van der Waals surface area contributed by atoms with Crippen LogP contribution in [-0.4, -0.2) is 49.5 Å². The molecule has 0 radical (unpaired) electrons. The summed E-state index contributed by atoms with van der Waals surface area (Å²) in [6.07, 6.45) is 3.18. The molecule has 6 heteroatoms. The van der Waals surface area contributed by atoms with E-state index in [0.717, 1.165) is 18.8 Å². The maximum Gasteiger partial charge on any atom is 0.507 e. The summed E-state index contributed by atoms with van der Waals surface area (Å²) in [5, 5.41) is 0. The van der Waals surface area contributed by atoms with Crippen molar-refractivity contribution in [2.24, 2.45) is 0 Å². The second kappa shape index (κ2) is 7.12. The molecule has 1 fully saturated rings. The highest BCUT2D eigenvalue weighted by molar-refractivity contribution is 6.61. The molecule has 1 saturated heterocycles. The van der Waals surface area contributed by atoms with Crippen LogP contribution in [0.4, 0.5) is 0 Å². The van der Waals surface area contributed by atoms with Crippen LogP contribution in [-0.2, 0) is 22.8 Å². The summed E-state index contributed by atoms with van der Waals surface area (Å²) in [7, 11) is 2.21. The molecule has 0 amide bonds. The second-order valence-electron chi connectivity index (χ2n) is 3.82. The van der Waals surface area contributed by atoms with Gasteiger partial charge in [-0.2, -0.15) is 0 Å². The van der Waals surface area contributed by atoms with Gasteiger partial charge in [-0.15, -0.1) is 0 Å². The van der Waals surface area contributed by atoms with Gasteiger partial charge in [0.25, 0.3) is 0 Å². The molecule has 0 aliphatic carbocycles. The Kier molecular flexibility index (Phi) is 6.14. The summed E-state index contributed by atoms with van der Waals surface area (Å²) in [5.41, 5.74) is 0. The second-order valence-corrected chi connectivity index (χ2v) is 6.76. The van der Waals surface area contributed by atoms with Crippen molar-refractivity contribution in [1.82, 2.24) is 0 Å². The lowest BCUT2D eigenvalue weighted by molar-refractivity contribution is 0.114. The van der Waals surface area contributed by atoms with Gasteiger partial charge < -0.3 is 22.8 Å². The van der Waals surface area contributed by atoms with Gasteiger partial charge in [0, 0.05) is 21.3 Å². The van der Waals surface area contributed by atoms with Crippen molar-refractivity contribution in [1.29, 1.82) is 0 Å². The Bertz CT molecular complexity index is 240. The largest absolute Gasteiger partial charge is 0.507 e. The van der Waals surface area contributed by atoms with Crippen LogP contribution in [0.3, 0.4) is 0 Å². The predicted molar refractivity (Wildman–Crippen MR) is 65.7 cm³/mol. The van der Waals surface area contributed by atoms with Crippen LogP contribution in [0.5, 0.6) is 0 Å². The summed E-state index contributed by atoms with van der Waals surface area (Å²) in [5.74, 6) is 0.861. The number of epoxide rings is 1. The zero-order valence-electron chi connectivity index (χ0n) is 11.0. The maximum absolute atomic E-state index is 5.70. The molecule has 0 spiro atoms. The maximum atomic E-state index is 5.70. The Hall–Kier alpha value is -0.403. The van der Waals surface area contributed by atoms with Crippen LogP contribution in [0.1, 0.15) is 13.3 Å². The summed E-state index contributed by atoms with van der Waals surface area (Å²) in [6, 6.07) is 0.553. The zero-order valence-corrected chi connectivity index (χ0v) is 12.0. The SMILES string of the molecule is CC/C=C(/C[Si](OC)(OC)OC)OCC1CO1. The quantitative estimate of drug-likeness (QED) is 0.359. The van der Waals surface area contributed by atoms with Gasteiger partial charge >= 0.3 is 8.80 Å². The van der Waals surface area contributed by atoms with E-state index in [1.54, 1.807) is 21.3 Å². The Morgan fingerprint density at radius 2 is 1.88 bits per heavy atom. The van der Waals surface area contributed by atoms with Gasteiger partial charge in [-0.05, 0) is 12.5 Å². The third kappa shape index (κ3) is 4.77. The molecule has 0 aromatic heterocycles. The molecule has 1 aliphatic rings. The molecule has 0 N–H and O–H groups in total. The lowest BCUT2D eigenvalue weighted by atomic mass is 10.4. The number of rotatable bonds is 9. The fourth-order valence-corrected chi connectivity index (χ4v) is 3.06. The van der Waals surface area contributed by atoms with E-state index in [0.29, 0.717) is 12.7 Å². The fourth-order valence-electron chi connectivity index (χ4n) is 1.45. The van der Waals surface area contributed by atoms with Crippen LogP contribution in [0, 0.1) is 0 Å². The van der Waals surface area contributed by atoms with Crippen LogP contribution >= 0.6 is 0 Å². The minimum absolute atomic E-state index is 0.249. The first-order chi connectivity index (χ1) is 8.19. The minimum atomic E-state index is -2.60. The van der Waals surface area contributed by atoms with Gasteiger partial charge in [-0.1, -0.05) is 6.92 Å². The van der Waals surface area contributed by atoms with Crippen molar-refractivity contribution < 1.29 is 22.8 Å². The summed E-state index contributed by atoms with van der Waals surface area (Å²) in [6.45, 7) is 3.45. The monoisotopic (exact) mass is 262 g/mol. The number of hydrogen-bond donors (Lipinski definition) is 0. The Balaban J connectivity index is 2.53. The smallest absolute Gasteiger partial charge is 0.495 e. The first-order valence-corrected chi connectivity index (χ1v) is 7.71. The van der Waals surface area contributed by atoms with Crippen molar-refractivity contribution in [2.45, 2.75) is 25.5 Å². The standard InChI is InChI=1S/C11H22O5Si/c1-5-6-10(15-7-11-8-16-11)9-17(12-2,13-3)14-4/h6,11H,5,7-9H2,1-4H3/b10-6-. The van der Waals surface area contributed by atoms with Crippen LogP contribution in [0.15, 0.2) is 11.8 Å². The molecule has 1 heterocycles. The molecule has 17 heavy (non-hydrogen) atoms. The number of allylic oxidation sites excluding steroid dienone is 2. The molecule has 0 aromatic rings. The van der Waals surface area contributed by atoms with Gasteiger partial charge in [0.1, 0.15) is 12.7 Å². The third-order valence-corrected chi connectivity index (χ3v) is 5.26. The van der Waals surface area contributed by atoms with Gasteiger partial charge in [-0.25, -0.2) is 0 Å². The summed E-state index contributed by atoms with van der Waals surface area (Å²) in [4.78, 5) is 0. The van der Waals surface area contributed by atoms with E-state index in [4.69, 9.17) is 22.8 Å². The van der Waals surface area contributed by atoms with Crippen molar-refractivity contribution >= 4 is 8.80 Å². The van der Waals surface area contributed by atoms with Gasteiger partial charge in [-0.3, -0.25) is 0 Å². The van der Waals surface area contributed by atoms with Gasteiger partial charge in [0.15, 0.2) is 0 Å². The molecule has 100 valence electrons. The zero-order chi connectivity index (χ0) is 12.7. The predicted octanol–water partition coefficient (Wildman–Crippen LogP) is 1.57. The summed E-state index contributed by atoms with van der Waals surface area (Å²) >= 11 is 0. The Labute approximate surface area is 104 Å². The van der Waals surface area contributed by atoms with Gasteiger partial charge in [0.05, 0.1) is 18.4 Å². The van der Waals surface area contributed by atoms with Crippen LogP contribution < -0.4 is 0 Å². The third-order valence-electron chi connectivity index (χ3n) is 2.61. The lowest BCUT2D eigenvalue weighted by Gasteiger charge is -2.25. The molecule has 1 atom stereocenters. The first-order valence-electron chi connectivity index (χ1n) is 5.78. The van der Waals surface area contributed by atoms with Crippen molar-refractivity contribution in [3.8, 4) is 0 Å². The van der Waals surface area contributed by atoms with Crippen LogP contribution in [0.25, 0.3) is 0 Å². The minimum Gasteiger partial charge on any atom is -0.495 e. The molecule has 1 aliphatic heterocycles. The molecule has 0 aromatic carbocycles. The molecule has 1 unspecified atom stereocenters. The van der Waals surface area contributed by atoms with Crippen molar-refractivity contribution in [3.05, 3.63) is 11.8 Å². The topological polar surface area (TPSA) is 49.5 Å². The highest BCUT2D eigenvalue weighted by Crippen LogP contribution is 2.22. The average molecular weight is 262 g/mol. The number of hydrogen-bond acceptors (Lipinski definition) is 5. The van der Waals surface area contributed by atoms with Crippen molar-refractivity contribution in [2.75, 3.05) is 34.5 Å². The lowest BCUT2D eigenvalue weighted by Crippen LogP contribution is -2.43. The molecule has 0 saturated carbocycles.